The van der Waals surface area contributed by atoms with Crippen molar-refractivity contribution in [2.45, 2.75) is 12.8 Å². The zero-order valence-electron chi connectivity index (χ0n) is 10.6. The van der Waals surface area contributed by atoms with E-state index in [1.807, 2.05) is 0 Å². The number of hydrogen-bond acceptors (Lipinski definition) is 5. The molecule has 14 heavy (non-hydrogen) atoms. The molecule has 0 amide bonds. The first-order valence-corrected chi connectivity index (χ1v) is 3.51. The summed E-state index contributed by atoms with van der Waals surface area (Å²) in [4.78, 5) is 25.0. The second-order valence-corrected chi connectivity index (χ2v) is 2.05. The molecule has 8 heteroatoms. The standard InChI is InChI=1S/C6H12N2O4.2Na.2H/c7-3-4-8-12-6(11)2-1-5(9)10;;;;/h8H,1-4,7H2,(H,9,10);;;;/q;2*+1;2*-1. The largest absolute Gasteiger partial charge is 1.00 e. The molecule has 0 bridgehead atoms. The molecule has 0 radical (unpaired) electrons. The molecule has 0 unspecified atom stereocenters. The van der Waals surface area contributed by atoms with Crippen LogP contribution in [-0.2, 0) is 14.4 Å². The molecule has 0 saturated heterocycles. The van der Waals surface area contributed by atoms with Gasteiger partial charge in [-0.05, 0) is 0 Å². The van der Waals surface area contributed by atoms with Gasteiger partial charge in [0.1, 0.15) is 0 Å². The van der Waals surface area contributed by atoms with Gasteiger partial charge in [-0.25, -0.2) is 0 Å². The minimum absolute atomic E-state index is 0. The molecule has 0 aromatic carbocycles. The van der Waals surface area contributed by atoms with Gasteiger partial charge in [0.2, 0.25) is 0 Å². The topological polar surface area (TPSA) is 102 Å². The van der Waals surface area contributed by atoms with E-state index in [1.54, 1.807) is 0 Å². The average Bonchev–Trinajstić information content (AvgIpc) is 2.01. The maximum Gasteiger partial charge on any atom is 1.00 e. The van der Waals surface area contributed by atoms with Crippen LogP contribution in [0.4, 0.5) is 0 Å². The maximum absolute atomic E-state index is 10.6. The Morgan fingerprint density at radius 3 is 2.36 bits per heavy atom. The summed E-state index contributed by atoms with van der Waals surface area (Å²) in [7, 11) is 0. The van der Waals surface area contributed by atoms with Crippen molar-refractivity contribution < 1.29 is 81.5 Å². The molecule has 0 aliphatic carbocycles. The van der Waals surface area contributed by atoms with Crippen LogP contribution in [0.5, 0.6) is 0 Å². The van der Waals surface area contributed by atoms with Crippen LogP contribution in [0.3, 0.4) is 0 Å². The first-order chi connectivity index (χ1) is 5.66. The van der Waals surface area contributed by atoms with E-state index in [-0.39, 0.29) is 74.8 Å². The molecule has 0 aromatic rings. The number of aliphatic carboxylic acids is 1. The van der Waals surface area contributed by atoms with Gasteiger partial charge in [0, 0.05) is 13.1 Å². The third kappa shape index (κ3) is 15.3. The molecule has 0 rings (SSSR count). The Labute approximate surface area is 129 Å². The number of nitrogens with two attached hydrogens (primary N) is 1. The van der Waals surface area contributed by atoms with Gasteiger partial charge in [-0.3, -0.25) is 9.59 Å². The molecule has 0 fully saturated rings. The molecule has 0 heterocycles. The van der Waals surface area contributed by atoms with Crippen molar-refractivity contribution in [2.75, 3.05) is 13.1 Å². The number of rotatable bonds is 6. The Kier molecular flexibility index (Phi) is 20.1. The summed E-state index contributed by atoms with van der Waals surface area (Å²) in [6, 6.07) is 0. The predicted molar refractivity (Wildman–Crippen MR) is 42.2 cm³/mol. The molecular weight excluding hydrogens is 210 g/mol. The Hall–Kier alpha value is 0.860. The Bertz CT molecular complexity index is 177. The van der Waals surface area contributed by atoms with Crippen LogP contribution in [-0.4, -0.2) is 30.1 Å². The predicted octanol–water partition coefficient (Wildman–Crippen LogP) is -6.91. The van der Waals surface area contributed by atoms with Crippen LogP contribution in [0.1, 0.15) is 15.7 Å². The fourth-order valence-corrected chi connectivity index (χ4v) is 0.450. The third-order valence-corrected chi connectivity index (χ3v) is 0.975. The summed E-state index contributed by atoms with van der Waals surface area (Å²) < 4.78 is 0. The van der Waals surface area contributed by atoms with Gasteiger partial charge in [-0.15, -0.1) is 0 Å². The average molecular weight is 224 g/mol. The van der Waals surface area contributed by atoms with Crippen molar-refractivity contribution >= 4 is 11.9 Å². The summed E-state index contributed by atoms with van der Waals surface area (Å²) >= 11 is 0. The molecule has 0 aliphatic heterocycles. The monoisotopic (exact) mass is 224 g/mol. The minimum Gasteiger partial charge on any atom is -1.00 e. The quantitative estimate of drug-likeness (QED) is 0.235. The number of carbonyl (C=O) groups is 2. The van der Waals surface area contributed by atoms with E-state index in [1.165, 1.54) is 0 Å². The molecule has 74 valence electrons. The molecule has 0 saturated carbocycles. The zero-order chi connectivity index (χ0) is 9.40. The van der Waals surface area contributed by atoms with Crippen LogP contribution < -0.4 is 70.3 Å². The Morgan fingerprint density at radius 1 is 1.36 bits per heavy atom. The fraction of sp³-hybridized carbons (Fsp3) is 0.667. The van der Waals surface area contributed by atoms with Crippen LogP contribution in [0.15, 0.2) is 0 Å². The van der Waals surface area contributed by atoms with Gasteiger partial charge in [0.15, 0.2) is 0 Å². The SMILES string of the molecule is NCCNOC(=O)CCC(=O)O.[H-].[H-].[Na+].[Na+]. The van der Waals surface area contributed by atoms with Crippen LogP contribution in [0.25, 0.3) is 0 Å². The zero-order valence-corrected chi connectivity index (χ0v) is 12.6. The van der Waals surface area contributed by atoms with Crippen molar-refractivity contribution in [3.63, 3.8) is 0 Å². The van der Waals surface area contributed by atoms with Crippen molar-refractivity contribution in [1.82, 2.24) is 5.48 Å². The summed E-state index contributed by atoms with van der Waals surface area (Å²) in [5.74, 6) is -1.61. The molecule has 0 aromatic heterocycles. The van der Waals surface area contributed by atoms with E-state index < -0.39 is 11.9 Å². The van der Waals surface area contributed by atoms with E-state index in [4.69, 9.17) is 10.8 Å². The second-order valence-electron chi connectivity index (χ2n) is 2.05. The van der Waals surface area contributed by atoms with Gasteiger partial charge in [0.05, 0.1) is 12.8 Å². The second kappa shape index (κ2) is 13.9. The molecule has 4 N–H and O–H groups in total. The normalized spacial score (nSPS) is 8.07. The molecule has 6 nitrogen and oxygen atoms in total. The smallest absolute Gasteiger partial charge is 1.00 e. The first-order valence-electron chi connectivity index (χ1n) is 3.51. The van der Waals surface area contributed by atoms with Crippen molar-refractivity contribution in [3.8, 4) is 0 Å². The number of carbonyl (C=O) groups excluding carboxylic acids is 1. The van der Waals surface area contributed by atoms with Crippen molar-refractivity contribution in [1.29, 1.82) is 0 Å². The van der Waals surface area contributed by atoms with Gasteiger partial charge < -0.3 is 18.5 Å². The Balaban J connectivity index is -0.000000101. The maximum atomic E-state index is 10.6. The summed E-state index contributed by atoms with van der Waals surface area (Å²) in [6.45, 7) is 0.713. The number of hydroxylamine groups is 1. The molecule has 0 atom stereocenters. The van der Waals surface area contributed by atoms with Crippen LogP contribution in [0, 0.1) is 0 Å². The van der Waals surface area contributed by atoms with E-state index in [0.717, 1.165) is 0 Å². The van der Waals surface area contributed by atoms with Gasteiger partial charge in [-0.2, -0.15) is 5.48 Å². The number of carboxylic acids is 1. The van der Waals surface area contributed by atoms with Crippen molar-refractivity contribution in [2.24, 2.45) is 5.73 Å². The number of nitrogens with one attached hydrogen (secondary N) is 1. The van der Waals surface area contributed by atoms with Gasteiger partial charge in [-0.1, -0.05) is 0 Å². The van der Waals surface area contributed by atoms with Crippen molar-refractivity contribution in [3.05, 3.63) is 0 Å². The molecule has 0 aliphatic rings. The summed E-state index contributed by atoms with van der Waals surface area (Å²) in [6.07, 6.45) is -0.351. The summed E-state index contributed by atoms with van der Waals surface area (Å²) in [5, 5.41) is 8.19. The van der Waals surface area contributed by atoms with Gasteiger partial charge in [0.25, 0.3) is 0 Å². The first kappa shape index (κ1) is 20.3. The number of hydrogen-bond donors (Lipinski definition) is 3. The van der Waals surface area contributed by atoms with Crippen LogP contribution in [0.2, 0.25) is 0 Å². The van der Waals surface area contributed by atoms with E-state index in [0.29, 0.717) is 13.1 Å². The van der Waals surface area contributed by atoms with Crippen LogP contribution >= 0.6 is 0 Å². The minimum atomic E-state index is -1.02. The van der Waals surface area contributed by atoms with E-state index in [9.17, 15) is 9.59 Å². The van der Waals surface area contributed by atoms with Gasteiger partial charge >= 0.3 is 71.1 Å². The fourth-order valence-electron chi connectivity index (χ4n) is 0.450. The molecular formula is C6H14N2Na2O4. The third-order valence-electron chi connectivity index (χ3n) is 0.975. The van der Waals surface area contributed by atoms with E-state index >= 15 is 0 Å². The van der Waals surface area contributed by atoms with E-state index in [2.05, 4.69) is 10.3 Å². The Morgan fingerprint density at radius 2 is 1.93 bits per heavy atom. The molecule has 0 spiro atoms. The summed E-state index contributed by atoms with van der Waals surface area (Å²) in [5.41, 5.74) is 7.38. The number of carboxylic acid groups (broad SMARTS) is 1.